The van der Waals surface area contributed by atoms with Crippen molar-refractivity contribution < 1.29 is 27.6 Å². The number of rotatable bonds is 4. The van der Waals surface area contributed by atoms with Gasteiger partial charge in [0.25, 0.3) is 5.91 Å². The summed E-state index contributed by atoms with van der Waals surface area (Å²) in [6, 6.07) is 3.73. The minimum absolute atomic E-state index is 0.0354. The second kappa shape index (κ2) is 7.54. The number of amides is 3. The smallest absolute Gasteiger partial charge is 0.369 e. The van der Waals surface area contributed by atoms with Gasteiger partial charge < -0.3 is 16.0 Å². The number of carbonyl (C=O) groups excluding carboxylic acids is 3. The van der Waals surface area contributed by atoms with Crippen LogP contribution < -0.4 is 11.1 Å². The van der Waals surface area contributed by atoms with Crippen molar-refractivity contribution in [2.24, 2.45) is 11.7 Å². The maximum atomic E-state index is 12.5. The number of likely N-dealkylation sites (tertiary alicyclic amines) is 1. The first kappa shape index (κ1) is 18.8. The largest absolute Gasteiger partial charge is 0.416 e. The number of halogens is 3. The second-order valence-corrected chi connectivity index (χ2v) is 5.82. The molecule has 0 unspecified atom stereocenters. The fraction of sp³-hybridized carbons (Fsp3) is 0.438. The summed E-state index contributed by atoms with van der Waals surface area (Å²) in [5, 5.41) is 2.39. The number of nitrogens with two attached hydrogens (primary N) is 1. The molecule has 1 heterocycles. The Morgan fingerprint density at radius 3 is 2.16 bits per heavy atom. The minimum Gasteiger partial charge on any atom is -0.369 e. The Morgan fingerprint density at radius 2 is 1.68 bits per heavy atom. The first-order chi connectivity index (χ1) is 11.7. The summed E-state index contributed by atoms with van der Waals surface area (Å²) < 4.78 is 37.4. The highest BCUT2D eigenvalue weighted by Gasteiger charge is 2.30. The average Bonchev–Trinajstić information content (AvgIpc) is 2.58. The van der Waals surface area contributed by atoms with Crippen LogP contribution in [0.2, 0.25) is 0 Å². The number of alkyl halides is 3. The standard InChI is InChI=1S/C16H18F3N3O3/c17-16(18,19)12-3-1-11(2-4-12)15(25)21-9-13(23)22-7-5-10(6-8-22)14(20)24/h1-4,10H,5-9H2,(H2,20,24)(H,21,25). The first-order valence-electron chi connectivity index (χ1n) is 7.71. The molecule has 9 heteroatoms. The zero-order valence-corrected chi connectivity index (χ0v) is 13.3. The zero-order chi connectivity index (χ0) is 18.6. The van der Waals surface area contributed by atoms with Crippen molar-refractivity contribution in [3.05, 3.63) is 35.4 Å². The van der Waals surface area contributed by atoms with Gasteiger partial charge in [0, 0.05) is 24.6 Å². The molecule has 1 aliphatic rings. The van der Waals surface area contributed by atoms with E-state index in [9.17, 15) is 27.6 Å². The minimum atomic E-state index is -4.47. The number of primary amides is 1. The fourth-order valence-corrected chi connectivity index (χ4v) is 2.59. The maximum Gasteiger partial charge on any atom is 0.416 e. The molecule has 1 aliphatic heterocycles. The number of piperidine rings is 1. The van der Waals surface area contributed by atoms with Crippen molar-refractivity contribution in [3.63, 3.8) is 0 Å². The second-order valence-electron chi connectivity index (χ2n) is 5.82. The van der Waals surface area contributed by atoms with Crippen LogP contribution in [-0.2, 0) is 15.8 Å². The molecular formula is C16H18F3N3O3. The number of carbonyl (C=O) groups is 3. The van der Waals surface area contributed by atoms with Crippen LogP contribution >= 0.6 is 0 Å². The van der Waals surface area contributed by atoms with Crippen molar-refractivity contribution >= 4 is 17.7 Å². The molecule has 1 aromatic carbocycles. The topological polar surface area (TPSA) is 92.5 Å². The number of hydrogen-bond donors (Lipinski definition) is 2. The Hall–Kier alpha value is -2.58. The van der Waals surface area contributed by atoms with Crippen LogP contribution in [0.25, 0.3) is 0 Å². The van der Waals surface area contributed by atoms with E-state index in [1.807, 2.05) is 0 Å². The molecule has 3 amide bonds. The van der Waals surface area contributed by atoms with Crippen molar-refractivity contribution in [2.75, 3.05) is 19.6 Å². The molecule has 1 fully saturated rings. The van der Waals surface area contributed by atoms with E-state index in [0.717, 1.165) is 24.3 Å². The lowest BCUT2D eigenvalue weighted by atomic mass is 9.96. The van der Waals surface area contributed by atoms with Crippen molar-refractivity contribution in [1.29, 1.82) is 0 Å². The molecule has 25 heavy (non-hydrogen) atoms. The van der Waals surface area contributed by atoms with Gasteiger partial charge in [0.05, 0.1) is 12.1 Å². The Kier molecular flexibility index (Phi) is 5.66. The van der Waals surface area contributed by atoms with E-state index in [-0.39, 0.29) is 29.8 Å². The van der Waals surface area contributed by atoms with Crippen LogP contribution in [0.1, 0.15) is 28.8 Å². The van der Waals surface area contributed by atoms with Crippen molar-refractivity contribution in [3.8, 4) is 0 Å². The molecule has 6 nitrogen and oxygen atoms in total. The molecule has 1 saturated heterocycles. The summed E-state index contributed by atoms with van der Waals surface area (Å²) in [6.07, 6.45) is -3.51. The average molecular weight is 357 g/mol. The SMILES string of the molecule is NC(=O)C1CCN(C(=O)CNC(=O)c2ccc(C(F)(F)F)cc2)CC1. The van der Waals surface area contributed by atoms with E-state index in [0.29, 0.717) is 25.9 Å². The van der Waals surface area contributed by atoms with Gasteiger partial charge >= 0.3 is 6.18 Å². The molecule has 0 aliphatic carbocycles. The summed E-state index contributed by atoms with van der Waals surface area (Å²) in [6.45, 7) is 0.492. The number of hydrogen-bond acceptors (Lipinski definition) is 3. The Morgan fingerprint density at radius 1 is 1.12 bits per heavy atom. The monoisotopic (exact) mass is 357 g/mol. The molecule has 0 spiro atoms. The summed E-state index contributed by atoms with van der Waals surface area (Å²) in [7, 11) is 0. The molecule has 2 rings (SSSR count). The van der Waals surface area contributed by atoms with Crippen LogP contribution in [0.4, 0.5) is 13.2 Å². The predicted molar refractivity (Wildman–Crippen MR) is 82.3 cm³/mol. The summed E-state index contributed by atoms with van der Waals surface area (Å²) in [4.78, 5) is 36.6. The third-order valence-corrected chi connectivity index (χ3v) is 4.12. The lowest BCUT2D eigenvalue weighted by Crippen LogP contribution is -2.45. The predicted octanol–water partition coefficient (Wildman–Crippen LogP) is 1.16. The Balaban J connectivity index is 1.83. The van der Waals surface area contributed by atoms with Gasteiger partial charge in [-0.2, -0.15) is 13.2 Å². The molecule has 136 valence electrons. The van der Waals surface area contributed by atoms with Gasteiger partial charge in [0.1, 0.15) is 0 Å². The normalized spacial score (nSPS) is 15.7. The quantitative estimate of drug-likeness (QED) is 0.847. The van der Waals surface area contributed by atoms with E-state index in [1.165, 1.54) is 4.90 Å². The van der Waals surface area contributed by atoms with Crippen molar-refractivity contribution in [2.45, 2.75) is 19.0 Å². The number of benzene rings is 1. The molecule has 1 aromatic rings. The van der Waals surface area contributed by atoms with E-state index in [2.05, 4.69) is 5.32 Å². The van der Waals surface area contributed by atoms with E-state index < -0.39 is 17.6 Å². The molecule has 0 atom stereocenters. The Bertz CT molecular complexity index is 651. The molecule has 0 bridgehead atoms. The Labute approximate surface area is 142 Å². The van der Waals surface area contributed by atoms with Crippen LogP contribution in [0.3, 0.4) is 0 Å². The third kappa shape index (κ3) is 4.94. The zero-order valence-electron chi connectivity index (χ0n) is 13.3. The van der Waals surface area contributed by atoms with E-state index >= 15 is 0 Å². The number of nitrogens with one attached hydrogen (secondary N) is 1. The van der Waals surface area contributed by atoms with Gasteiger partial charge in [-0.1, -0.05) is 0 Å². The van der Waals surface area contributed by atoms with Gasteiger partial charge in [-0.25, -0.2) is 0 Å². The van der Waals surface area contributed by atoms with Gasteiger partial charge in [-0.05, 0) is 37.1 Å². The summed E-state index contributed by atoms with van der Waals surface area (Å²) in [5.74, 6) is -1.58. The molecular weight excluding hydrogens is 339 g/mol. The molecule has 3 N–H and O–H groups in total. The third-order valence-electron chi connectivity index (χ3n) is 4.12. The van der Waals surface area contributed by atoms with Gasteiger partial charge in [0.15, 0.2) is 0 Å². The first-order valence-corrected chi connectivity index (χ1v) is 7.71. The summed E-state index contributed by atoms with van der Waals surface area (Å²) >= 11 is 0. The van der Waals surface area contributed by atoms with Crippen LogP contribution in [0.5, 0.6) is 0 Å². The van der Waals surface area contributed by atoms with Gasteiger partial charge in [-0.3, -0.25) is 14.4 Å². The molecule has 0 radical (unpaired) electrons. The fourth-order valence-electron chi connectivity index (χ4n) is 2.59. The maximum absolute atomic E-state index is 12.5. The molecule has 0 saturated carbocycles. The summed E-state index contributed by atoms with van der Waals surface area (Å²) in [5.41, 5.74) is 4.41. The van der Waals surface area contributed by atoms with Crippen molar-refractivity contribution in [1.82, 2.24) is 10.2 Å². The molecule has 0 aromatic heterocycles. The van der Waals surface area contributed by atoms with Gasteiger partial charge in [-0.15, -0.1) is 0 Å². The lowest BCUT2D eigenvalue weighted by molar-refractivity contribution is -0.137. The highest BCUT2D eigenvalue weighted by molar-refractivity contribution is 5.96. The van der Waals surface area contributed by atoms with Crippen LogP contribution in [0, 0.1) is 5.92 Å². The number of nitrogens with zero attached hydrogens (tertiary/aromatic N) is 1. The van der Waals surface area contributed by atoms with E-state index in [1.54, 1.807) is 0 Å². The van der Waals surface area contributed by atoms with Crippen LogP contribution in [-0.4, -0.2) is 42.3 Å². The van der Waals surface area contributed by atoms with Gasteiger partial charge in [0.2, 0.25) is 11.8 Å². The lowest BCUT2D eigenvalue weighted by Gasteiger charge is -2.30. The highest BCUT2D eigenvalue weighted by atomic mass is 19.4. The van der Waals surface area contributed by atoms with Crippen LogP contribution in [0.15, 0.2) is 24.3 Å². The highest BCUT2D eigenvalue weighted by Crippen LogP contribution is 2.29. The van der Waals surface area contributed by atoms with E-state index in [4.69, 9.17) is 5.73 Å².